The standard InChI is InChI=1S/C49H86N6O6/c1-5-7-25-58-33-46(31-54-29-36(54)3)60-48(56)52-44-21-13-40(14-22-44)27-38-9-17-42(18-10-38)50-35-51-43-19-11-39(12-20-43)28-41-15-23-45(24-16-41)53-49(57)61-47(32-55-30-37(55)4)34-59-26-8-6-2/h36-47H,5-34H2,1-4H3,(H,52,56)(H,53,57). The number of amides is 2. The lowest BCUT2D eigenvalue weighted by molar-refractivity contribution is 0.0107. The fraction of sp³-hybridized carbons (Fsp3) is 0.939. The molecule has 2 N–H and O–H groups in total. The Morgan fingerprint density at radius 1 is 0.574 bits per heavy atom. The molecular formula is C49H86N6O6. The first kappa shape index (κ1) is 48.2. The molecular weight excluding hydrogens is 769 g/mol. The first-order chi connectivity index (χ1) is 29.7. The zero-order valence-corrected chi connectivity index (χ0v) is 38.9. The van der Waals surface area contributed by atoms with Gasteiger partial charge >= 0.3 is 12.2 Å². The molecule has 0 spiro atoms. The maximum Gasteiger partial charge on any atom is 0.407 e. The van der Waals surface area contributed by atoms with E-state index in [1.54, 1.807) is 0 Å². The molecule has 6 fully saturated rings. The summed E-state index contributed by atoms with van der Waals surface area (Å²) in [7, 11) is 0. The molecule has 4 aliphatic carbocycles. The highest BCUT2D eigenvalue weighted by Gasteiger charge is 2.35. The first-order valence-electron chi connectivity index (χ1n) is 25.4. The van der Waals surface area contributed by atoms with Crippen molar-refractivity contribution in [3.05, 3.63) is 0 Å². The van der Waals surface area contributed by atoms with Crippen LogP contribution in [-0.2, 0) is 18.9 Å². The van der Waals surface area contributed by atoms with Crippen molar-refractivity contribution >= 4 is 18.2 Å². The lowest BCUT2D eigenvalue weighted by atomic mass is 9.76. The monoisotopic (exact) mass is 855 g/mol. The maximum absolute atomic E-state index is 12.8. The smallest absolute Gasteiger partial charge is 0.407 e. The molecule has 0 radical (unpaired) electrons. The molecule has 6 rings (SSSR count). The molecule has 0 aromatic carbocycles. The molecule has 0 bridgehead atoms. The summed E-state index contributed by atoms with van der Waals surface area (Å²) in [6, 6.07) is 5.54. The van der Waals surface area contributed by atoms with E-state index in [1.165, 1.54) is 64.2 Å². The molecule has 2 aliphatic heterocycles. The number of hydrogen-bond acceptors (Lipinski definition) is 10. The average Bonchev–Trinajstić information content (AvgIpc) is 4.16. The number of unbranched alkanes of at least 4 members (excludes halogenated alkanes) is 2. The molecule has 2 amide bonds. The van der Waals surface area contributed by atoms with E-state index in [0.717, 1.165) is 140 Å². The Morgan fingerprint density at radius 3 is 1.25 bits per heavy atom. The SMILES string of the molecule is CCCCOCC(CN1CC1C)OC(=O)NC1CCC(CC2CCC(N=C=NC3CCC(CC4CCC(NC(=O)OC(COCCCC)CN5CC5C)CC4)CC3)CC2)CC1. The van der Waals surface area contributed by atoms with Crippen LogP contribution in [0, 0.1) is 23.7 Å². The van der Waals surface area contributed by atoms with Gasteiger partial charge in [0.25, 0.3) is 0 Å². The lowest BCUT2D eigenvalue weighted by Gasteiger charge is -2.33. The highest BCUT2D eigenvalue weighted by molar-refractivity contribution is 5.68. The number of ether oxygens (including phenoxy) is 4. The Balaban J connectivity index is 0.782. The fourth-order valence-electron chi connectivity index (χ4n) is 10.7. The van der Waals surface area contributed by atoms with Gasteiger partial charge in [-0.05, 0) is 166 Å². The Morgan fingerprint density at radius 2 is 0.918 bits per heavy atom. The predicted molar refractivity (Wildman–Crippen MR) is 242 cm³/mol. The molecule has 6 aliphatic rings. The maximum atomic E-state index is 12.8. The summed E-state index contributed by atoms with van der Waals surface area (Å²) in [6.07, 6.45) is 24.6. The third-order valence-electron chi connectivity index (χ3n) is 15.1. The van der Waals surface area contributed by atoms with Gasteiger partial charge in [0, 0.05) is 63.6 Å². The number of alkyl carbamates (subject to hydrolysis) is 2. The number of nitrogens with zero attached hydrogens (tertiary/aromatic N) is 4. The molecule has 2 heterocycles. The number of nitrogens with one attached hydrogen (secondary N) is 2. The van der Waals surface area contributed by atoms with Gasteiger partial charge in [0.1, 0.15) is 12.2 Å². The van der Waals surface area contributed by atoms with Crippen LogP contribution in [0.3, 0.4) is 0 Å². The van der Waals surface area contributed by atoms with Crippen molar-refractivity contribution in [3.8, 4) is 0 Å². The van der Waals surface area contributed by atoms with Crippen molar-refractivity contribution in [1.29, 1.82) is 0 Å². The molecule has 0 aromatic heterocycles. The minimum absolute atomic E-state index is 0.207. The normalized spacial score (nSPS) is 34.6. The Kier molecular flexibility index (Phi) is 20.5. The summed E-state index contributed by atoms with van der Waals surface area (Å²) in [5.74, 6) is 3.12. The molecule has 61 heavy (non-hydrogen) atoms. The summed E-state index contributed by atoms with van der Waals surface area (Å²) >= 11 is 0. The molecule has 348 valence electrons. The molecule has 6 unspecified atom stereocenters. The summed E-state index contributed by atoms with van der Waals surface area (Å²) < 4.78 is 23.4. The highest BCUT2D eigenvalue weighted by atomic mass is 16.6. The van der Waals surface area contributed by atoms with E-state index in [9.17, 15) is 9.59 Å². The summed E-state index contributed by atoms with van der Waals surface area (Å²) in [4.78, 5) is 40.0. The number of carbonyl (C=O) groups excluding carboxylic acids is 2. The van der Waals surface area contributed by atoms with E-state index in [2.05, 4.69) is 54.1 Å². The van der Waals surface area contributed by atoms with Gasteiger partial charge in [-0.1, -0.05) is 26.7 Å². The van der Waals surface area contributed by atoms with Crippen LogP contribution in [0.5, 0.6) is 0 Å². The van der Waals surface area contributed by atoms with Crippen molar-refractivity contribution < 1.29 is 28.5 Å². The van der Waals surface area contributed by atoms with E-state index >= 15 is 0 Å². The second kappa shape index (κ2) is 25.9. The second-order valence-electron chi connectivity index (χ2n) is 20.4. The lowest BCUT2D eigenvalue weighted by Crippen LogP contribution is -2.42. The molecule has 2 saturated heterocycles. The number of aliphatic imine (C=N–C) groups is 2. The predicted octanol–water partition coefficient (Wildman–Crippen LogP) is 9.41. The first-order valence-corrected chi connectivity index (χ1v) is 25.4. The van der Waals surface area contributed by atoms with Crippen LogP contribution < -0.4 is 10.6 Å². The van der Waals surface area contributed by atoms with Crippen LogP contribution >= 0.6 is 0 Å². The van der Waals surface area contributed by atoms with E-state index in [1.807, 2.05) is 0 Å². The molecule has 0 aromatic rings. The largest absolute Gasteiger partial charge is 0.442 e. The van der Waals surface area contributed by atoms with Crippen molar-refractivity contribution in [2.24, 2.45) is 33.7 Å². The topological polar surface area (TPSA) is 126 Å². The van der Waals surface area contributed by atoms with E-state index in [4.69, 9.17) is 28.9 Å². The van der Waals surface area contributed by atoms with Crippen molar-refractivity contribution in [1.82, 2.24) is 20.4 Å². The Hall–Kier alpha value is -2.24. The molecule has 12 heteroatoms. The third-order valence-corrected chi connectivity index (χ3v) is 15.1. The van der Waals surface area contributed by atoms with Gasteiger partial charge in [-0.15, -0.1) is 0 Å². The van der Waals surface area contributed by atoms with Crippen LogP contribution in [0.15, 0.2) is 9.98 Å². The van der Waals surface area contributed by atoms with Gasteiger partial charge in [0.2, 0.25) is 0 Å². The van der Waals surface area contributed by atoms with Crippen molar-refractivity contribution in [2.75, 3.05) is 52.6 Å². The summed E-state index contributed by atoms with van der Waals surface area (Å²) in [5.41, 5.74) is 0. The zero-order chi connectivity index (χ0) is 42.8. The van der Waals surface area contributed by atoms with Crippen LogP contribution in [0.4, 0.5) is 9.59 Å². The van der Waals surface area contributed by atoms with Crippen LogP contribution in [0.25, 0.3) is 0 Å². The zero-order valence-electron chi connectivity index (χ0n) is 38.9. The van der Waals surface area contributed by atoms with Gasteiger partial charge < -0.3 is 29.6 Å². The minimum atomic E-state index is -0.275. The Labute approximate surface area is 369 Å². The highest BCUT2D eigenvalue weighted by Crippen LogP contribution is 2.38. The van der Waals surface area contributed by atoms with Gasteiger partial charge in [-0.25, -0.2) is 19.6 Å². The summed E-state index contributed by atoms with van der Waals surface area (Å²) in [5, 5.41) is 6.38. The minimum Gasteiger partial charge on any atom is -0.442 e. The number of hydrogen-bond donors (Lipinski definition) is 2. The molecule has 4 saturated carbocycles. The molecule has 6 atom stereocenters. The quantitative estimate of drug-likeness (QED) is 0.0559. The van der Waals surface area contributed by atoms with Crippen LogP contribution in [0.2, 0.25) is 0 Å². The average molecular weight is 855 g/mol. The number of carbonyl (C=O) groups is 2. The second-order valence-corrected chi connectivity index (χ2v) is 20.4. The Bertz CT molecular complexity index is 1240. The van der Waals surface area contributed by atoms with E-state index in [-0.39, 0.29) is 36.5 Å². The molecule has 12 nitrogen and oxygen atoms in total. The van der Waals surface area contributed by atoms with Gasteiger partial charge in [0.05, 0.1) is 31.3 Å². The van der Waals surface area contributed by atoms with Crippen molar-refractivity contribution in [3.63, 3.8) is 0 Å². The van der Waals surface area contributed by atoms with E-state index < -0.39 is 0 Å². The van der Waals surface area contributed by atoms with E-state index in [0.29, 0.717) is 37.4 Å². The van der Waals surface area contributed by atoms with Gasteiger partial charge in [-0.3, -0.25) is 9.80 Å². The number of rotatable bonds is 24. The van der Waals surface area contributed by atoms with Crippen LogP contribution in [-0.4, -0.2) is 129 Å². The van der Waals surface area contributed by atoms with Gasteiger partial charge in [-0.2, -0.15) is 0 Å². The van der Waals surface area contributed by atoms with Crippen LogP contribution in [0.1, 0.15) is 169 Å². The fourth-order valence-corrected chi connectivity index (χ4v) is 10.7. The third kappa shape index (κ3) is 18.0. The van der Waals surface area contributed by atoms with Crippen molar-refractivity contribution in [2.45, 2.75) is 217 Å². The van der Waals surface area contributed by atoms with Gasteiger partial charge in [0.15, 0.2) is 0 Å². The summed E-state index contributed by atoms with van der Waals surface area (Å²) in [6.45, 7) is 14.8.